The van der Waals surface area contributed by atoms with Gasteiger partial charge in [-0.2, -0.15) is 0 Å². The second-order valence-electron chi connectivity index (χ2n) is 17.4. The molecule has 8 rings (SSSR count). The van der Waals surface area contributed by atoms with E-state index >= 15 is 0 Å². The van der Waals surface area contributed by atoms with Gasteiger partial charge in [-0.3, -0.25) is 0 Å². The monoisotopic (exact) mass is 828 g/mol. The van der Waals surface area contributed by atoms with Crippen molar-refractivity contribution in [1.29, 1.82) is 0 Å². The molecule has 0 unspecified atom stereocenters. The predicted octanol–water partition coefficient (Wildman–Crippen LogP) is 13.8. The van der Waals surface area contributed by atoms with Crippen molar-refractivity contribution in [1.82, 2.24) is 0 Å². The van der Waals surface area contributed by atoms with Crippen molar-refractivity contribution in [2.75, 3.05) is 9.80 Å². The summed E-state index contributed by atoms with van der Waals surface area (Å²) in [5, 5.41) is 7.70. The summed E-state index contributed by atoms with van der Waals surface area (Å²) in [4.78, 5) is 5.03. The molecule has 270 valence electrons. The molecule has 0 aliphatic heterocycles. The van der Waals surface area contributed by atoms with E-state index in [-0.39, 0.29) is 0 Å². The summed E-state index contributed by atoms with van der Waals surface area (Å²) >= 11 is -4.11. The summed E-state index contributed by atoms with van der Waals surface area (Å²) < 4.78 is 3.10. The van der Waals surface area contributed by atoms with Crippen LogP contribution in [-0.4, -0.2) is 26.5 Å². The molecule has 0 aliphatic carbocycles. The number of hydrogen-bond donors (Lipinski definition) is 0. The Bertz CT molecular complexity index is 2430. The molecule has 0 fully saturated rings. The van der Waals surface area contributed by atoms with Gasteiger partial charge in [-0.25, -0.2) is 0 Å². The first kappa shape index (κ1) is 36.5. The summed E-state index contributed by atoms with van der Waals surface area (Å²) in [5.74, 6) is 14.9. The zero-order valence-electron chi connectivity index (χ0n) is 33.6. The van der Waals surface area contributed by atoms with Gasteiger partial charge >= 0.3 is 330 Å². The van der Waals surface area contributed by atoms with Crippen LogP contribution < -0.4 is 18.6 Å². The van der Waals surface area contributed by atoms with Gasteiger partial charge in [0.1, 0.15) is 0 Å². The van der Waals surface area contributed by atoms with Crippen molar-refractivity contribution in [2.24, 2.45) is 0 Å². The molecule has 0 saturated carbocycles. The number of hydrogen-bond acceptors (Lipinski definition) is 2. The molecule has 0 heterocycles. The molecular formula is C50H52Ge2N2. The van der Waals surface area contributed by atoms with Crippen LogP contribution in [0.3, 0.4) is 0 Å². The van der Waals surface area contributed by atoms with Crippen LogP contribution in [0.15, 0.2) is 133 Å². The number of anilines is 6. The van der Waals surface area contributed by atoms with Crippen LogP contribution in [0.2, 0.25) is 34.5 Å². The van der Waals surface area contributed by atoms with Gasteiger partial charge in [-0.05, 0) is 0 Å². The predicted molar refractivity (Wildman–Crippen MR) is 244 cm³/mol. The van der Waals surface area contributed by atoms with Crippen LogP contribution in [0.1, 0.15) is 22.3 Å². The molecule has 0 aromatic heterocycles. The molecule has 0 bridgehead atoms. The van der Waals surface area contributed by atoms with Gasteiger partial charge < -0.3 is 0 Å². The average Bonchev–Trinajstić information content (AvgIpc) is 3.13. The number of benzene rings is 8. The quantitative estimate of drug-likeness (QED) is 0.111. The van der Waals surface area contributed by atoms with Crippen molar-refractivity contribution in [3.05, 3.63) is 156 Å². The molecular weight excluding hydrogens is 774 g/mol. The van der Waals surface area contributed by atoms with Crippen LogP contribution in [0.4, 0.5) is 34.1 Å². The van der Waals surface area contributed by atoms with Crippen molar-refractivity contribution < 1.29 is 0 Å². The fraction of sp³-hybridized carbons (Fsp3) is 0.200. The third kappa shape index (κ3) is 6.31. The van der Waals surface area contributed by atoms with Gasteiger partial charge in [0.05, 0.1) is 0 Å². The standard InChI is InChI=1S/C50H52Ge2N2/c1-33-29-39(51(5,6)7)30-34(2)49(33)53(41-17-13-11-14-18-41)45-27-23-37-22-26-44-46(28-24-38-21-25-43(45)47(37)48(38)44)54(42-19-15-12-16-20-42)50-35(3)31-40(32-36(50)4)52(8,9)10/h11-32H,1-10H3. The Morgan fingerprint density at radius 2 is 0.685 bits per heavy atom. The maximum absolute atomic E-state index is 2.52. The molecule has 54 heavy (non-hydrogen) atoms. The minimum absolute atomic E-state index is 1.17. The summed E-state index contributed by atoms with van der Waals surface area (Å²) in [7, 11) is 0. The molecule has 8 aromatic carbocycles. The molecule has 0 aliphatic rings. The molecule has 8 aromatic rings. The van der Waals surface area contributed by atoms with Crippen LogP contribution in [0.25, 0.3) is 32.3 Å². The first-order valence-corrected chi connectivity index (χ1v) is 34.1. The van der Waals surface area contributed by atoms with Gasteiger partial charge in [-0.1, -0.05) is 0 Å². The summed E-state index contributed by atoms with van der Waals surface area (Å²) in [6.45, 7) is 9.21. The van der Waals surface area contributed by atoms with Crippen molar-refractivity contribution in [2.45, 2.75) is 62.2 Å². The summed E-state index contributed by atoms with van der Waals surface area (Å²) in [5.41, 5.74) is 12.6. The Balaban J connectivity index is 1.41. The van der Waals surface area contributed by atoms with Crippen molar-refractivity contribution >= 4 is 102 Å². The fourth-order valence-electron chi connectivity index (χ4n) is 8.57. The maximum atomic E-state index is 2.52. The zero-order valence-corrected chi connectivity index (χ0v) is 37.8. The van der Waals surface area contributed by atoms with E-state index in [1.165, 1.54) is 88.7 Å². The number of para-hydroxylation sites is 2. The third-order valence-corrected chi connectivity index (χ3v) is 19.8. The number of rotatable bonds is 8. The number of aryl methyl sites for hydroxylation is 4. The molecule has 0 N–H and O–H groups in total. The average molecular weight is 826 g/mol. The Morgan fingerprint density at radius 1 is 0.370 bits per heavy atom. The Labute approximate surface area is 327 Å². The van der Waals surface area contributed by atoms with E-state index in [4.69, 9.17) is 0 Å². The molecule has 0 amide bonds. The van der Waals surface area contributed by atoms with Gasteiger partial charge in [0, 0.05) is 0 Å². The van der Waals surface area contributed by atoms with Crippen LogP contribution in [-0.2, 0) is 0 Å². The van der Waals surface area contributed by atoms with E-state index in [2.05, 4.69) is 205 Å². The molecule has 0 atom stereocenters. The van der Waals surface area contributed by atoms with Crippen LogP contribution in [0, 0.1) is 27.7 Å². The van der Waals surface area contributed by atoms with E-state index in [9.17, 15) is 0 Å². The SMILES string of the molecule is Cc1c[c]([Ge]([CH3])([CH3])[CH3])cc(C)c1N(c1ccccc1)c1ccc2ccc3c(N(c4ccccc4)c4c(C)c[c]([Ge]([CH3])([CH3])[CH3])cc4C)ccc4ccc1c2c43. The second-order valence-corrected chi connectivity index (χ2v) is 38.7. The zero-order chi connectivity index (χ0) is 38.1. The first-order valence-electron chi connectivity index (χ1n) is 19.4. The normalized spacial score (nSPS) is 12.3. The molecule has 4 heteroatoms. The molecule has 0 spiro atoms. The van der Waals surface area contributed by atoms with E-state index in [1.807, 2.05) is 0 Å². The van der Waals surface area contributed by atoms with E-state index in [1.54, 1.807) is 8.79 Å². The Hall–Kier alpha value is -4.51. The van der Waals surface area contributed by atoms with E-state index in [0.29, 0.717) is 0 Å². The second kappa shape index (κ2) is 13.7. The van der Waals surface area contributed by atoms with Gasteiger partial charge in [0.15, 0.2) is 0 Å². The third-order valence-electron chi connectivity index (χ3n) is 11.3. The topological polar surface area (TPSA) is 6.48 Å². The summed E-state index contributed by atoms with van der Waals surface area (Å²) in [6.07, 6.45) is 0. The fourth-order valence-corrected chi connectivity index (χ4v) is 14.0. The van der Waals surface area contributed by atoms with Crippen LogP contribution in [0.5, 0.6) is 0 Å². The van der Waals surface area contributed by atoms with Crippen molar-refractivity contribution in [3.8, 4) is 0 Å². The van der Waals surface area contributed by atoms with Gasteiger partial charge in [-0.15, -0.1) is 0 Å². The van der Waals surface area contributed by atoms with Crippen molar-refractivity contribution in [3.63, 3.8) is 0 Å². The molecule has 2 nitrogen and oxygen atoms in total. The van der Waals surface area contributed by atoms with Gasteiger partial charge in [0.2, 0.25) is 0 Å². The minimum atomic E-state index is -2.05. The molecule has 0 saturated heterocycles. The van der Waals surface area contributed by atoms with E-state index < -0.39 is 26.5 Å². The first-order chi connectivity index (χ1) is 25.7. The number of nitrogens with zero attached hydrogens (tertiary/aromatic N) is 2. The Morgan fingerprint density at radius 3 is 1.00 bits per heavy atom. The summed E-state index contributed by atoms with van der Waals surface area (Å²) in [6, 6.07) is 50.5. The van der Waals surface area contributed by atoms with E-state index in [0.717, 1.165) is 0 Å². The van der Waals surface area contributed by atoms with Gasteiger partial charge in [0.25, 0.3) is 0 Å². The van der Waals surface area contributed by atoms with Crippen LogP contribution >= 0.6 is 0 Å². The Kier molecular flexibility index (Phi) is 9.22. The molecule has 0 radical (unpaired) electrons.